The Bertz CT molecular complexity index is 1120. The Morgan fingerprint density at radius 1 is 1.34 bits per heavy atom. The summed E-state index contributed by atoms with van der Waals surface area (Å²) in [6.07, 6.45) is 0. The molecule has 0 aliphatic rings. The second-order valence-electron chi connectivity index (χ2n) is 6.57. The van der Waals surface area contributed by atoms with Gasteiger partial charge in [0.15, 0.2) is 0 Å². The summed E-state index contributed by atoms with van der Waals surface area (Å²) < 4.78 is 0. The van der Waals surface area contributed by atoms with Gasteiger partial charge in [-0.2, -0.15) is 0 Å². The van der Waals surface area contributed by atoms with Gasteiger partial charge in [0.05, 0.1) is 21.3 Å². The maximum atomic E-state index is 12.3. The van der Waals surface area contributed by atoms with Crippen LogP contribution in [0.3, 0.4) is 0 Å². The normalized spacial score (nSPS) is 12.1. The molecule has 0 radical (unpaired) electrons. The number of amides is 1. The first-order valence-electron chi connectivity index (χ1n) is 8.87. The number of thiophene rings is 1. The van der Waals surface area contributed by atoms with Gasteiger partial charge in [0, 0.05) is 23.6 Å². The fraction of sp³-hybridized carbons (Fsp3) is 0.316. The Kier molecular flexibility index (Phi) is 6.33. The summed E-state index contributed by atoms with van der Waals surface area (Å²) in [5, 5.41) is 13.8. The number of nitro benzene ring substituents is 1. The van der Waals surface area contributed by atoms with Crippen LogP contribution in [-0.2, 0) is 17.1 Å². The number of carbonyl (C=O) groups excluding carboxylic acids is 1. The van der Waals surface area contributed by atoms with Crippen molar-refractivity contribution in [3.05, 3.63) is 66.6 Å². The minimum absolute atomic E-state index is 0.0126. The molecular weight excluding hydrogens is 412 g/mol. The summed E-state index contributed by atoms with van der Waals surface area (Å²) in [5.41, 5.74) is 1.60. The lowest BCUT2D eigenvalue weighted by Gasteiger charge is -2.12. The molecule has 1 atom stereocenters. The first-order valence-corrected chi connectivity index (χ1v) is 10.7. The van der Waals surface area contributed by atoms with Gasteiger partial charge in [-0.25, -0.2) is 4.98 Å². The van der Waals surface area contributed by atoms with E-state index in [1.807, 2.05) is 13.8 Å². The van der Waals surface area contributed by atoms with E-state index >= 15 is 0 Å². The van der Waals surface area contributed by atoms with Crippen molar-refractivity contribution in [2.45, 2.75) is 38.3 Å². The third-order valence-electron chi connectivity index (χ3n) is 4.54. The van der Waals surface area contributed by atoms with Crippen LogP contribution in [0.2, 0.25) is 0 Å². The Morgan fingerprint density at radius 2 is 2.03 bits per heavy atom. The molecule has 0 bridgehead atoms. The lowest BCUT2D eigenvalue weighted by atomic mass is 10.2. The number of fused-ring (bicyclic) bond motifs is 1. The molecule has 0 spiro atoms. The van der Waals surface area contributed by atoms with Crippen molar-refractivity contribution in [1.29, 1.82) is 0 Å². The molecular formula is C19H20N4O4S2. The number of non-ortho nitro benzene ring substituents is 1. The zero-order valence-electron chi connectivity index (χ0n) is 16.1. The minimum Gasteiger partial charge on any atom is -0.351 e. The number of rotatable bonds is 7. The van der Waals surface area contributed by atoms with Gasteiger partial charge < -0.3 is 10.3 Å². The fourth-order valence-corrected chi connectivity index (χ4v) is 4.54. The lowest BCUT2D eigenvalue weighted by Crippen LogP contribution is -2.30. The molecule has 0 saturated carbocycles. The summed E-state index contributed by atoms with van der Waals surface area (Å²) in [4.78, 5) is 44.0. The van der Waals surface area contributed by atoms with Crippen LogP contribution >= 0.6 is 23.1 Å². The highest BCUT2D eigenvalue weighted by atomic mass is 32.2. The maximum Gasteiger partial charge on any atom is 0.269 e. The van der Waals surface area contributed by atoms with E-state index in [4.69, 9.17) is 0 Å². The van der Waals surface area contributed by atoms with Crippen molar-refractivity contribution in [2.24, 2.45) is 0 Å². The monoisotopic (exact) mass is 432 g/mol. The first kappa shape index (κ1) is 21.0. The van der Waals surface area contributed by atoms with Gasteiger partial charge in [0.25, 0.3) is 11.2 Å². The Labute approximate surface area is 174 Å². The first-order chi connectivity index (χ1) is 13.8. The number of hydrogen-bond donors (Lipinski definition) is 2. The number of hydrogen-bond acceptors (Lipinski definition) is 7. The zero-order chi connectivity index (χ0) is 21.1. The van der Waals surface area contributed by atoms with Crippen LogP contribution in [0, 0.1) is 24.0 Å². The maximum absolute atomic E-state index is 12.3. The standard InChI is InChI=1S/C19H20N4O4S2/c1-10-11(2)29-19-16(10)18(25)21-15(22-19)9-28-12(3)17(24)20-8-13-4-6-14(7-5-13)23(26)27/h4-7,12H,8-9H2,1-3H3,(H,20,24)(H,21,22,25). The molecule has 1 amide bonds. The highest BCUT2D eigenvalue weighted by Crippen LogP contribution is 2.26. The van der Waals surface area contributed by atoms with Gasteiger partial charge in [-0.1, -0.05) is 12.1 Å². The Morgan fingerprint density at radius 3 is 2.69 bits per heavy atom. The van der Waals surface area contributed by atoms with E-state index in [2.05, 4.69) is 15.3 Å². The molecule has 0 aliphatic heterocycles. The average molecular weight is 433 g/mol. The molecule has 0 aliphatic carbocycles. The van der Waals surface area contributed by atoms with E-state index in [9.17, 15) is 19.7 Å². The minimum atomic E-state index is -0.463. The van der Waals surface area contributed by atoms with Crippen molar-refractivity contribution in [2.75, 3.05) is 0 Å². The molecule has 1 aromatic carbocycles. The second kappa shape index (κ2) is 8.75. The van der Waals surface area contributed by atoms with Crippen molar-refractivity contribution < 1.29 is 9.72 Å². The van der Waals surface area contributed by atoms with Crippen molar-refractivity contribution in [3.8, 4) is 0 Å². The van der Waals surface area contributed by atoms with Crippen LogP contribution in [0.15, 0.2) is 29.1 Å². The predicted molar refractivity (Wildman–Crippen MR) is 115 cm³/mol. The molecule has 29 heavy (non-hydrogen) atoms. The van der Waals surface area contributed by atoms with Crippen molar-refractivity contribution in [1.82, 2.24) is 15.3 Å². The molecule has 8 nitrogen and oxygen atoms in total. The number of nitrogens with zero attached hydrogens (tertiary/aromatic N) is 2. The average Bonchev–Trinajstić information content (AvgIpc) is 2.98. The van der Waals surface area contributed by atoms with Gasteiger partial charge in [0.1, 0.15) is 10.7 Å². The number of H-pyrrole nitrogens is 1. The topological polar surface area (TPSA) is 118 Å². The molecule has 3 aromatic rings. The molecule has 152 valence electrons. The molecule has 0 saturated heterocycles. The molecule has 1 unspecified atom stereocenters. The van der Waals surface area contributed by atoms with Crippen LogP contribution < -0.4 is 10.9 Å². The van der Waals surface area contributed by atoms with Crippen LogP contribution in [-0.4, -0.2) is 26.0 Å². The van der Waals surface area contributed by atoms with E-state index in [0.717, 1.165) is 20.8 Å². The fourth-order valence-electron chi connectivity index (χ4n) is 2.72. The summed E-state index contributed by atoms with van der Waals surface area (Å²) >= 11 is 2.87. The lowest BCUT2D eigenvalue weighted by molar-refractivity contribution is -0.384. The molecule has 2 N–H and O–H groups in total. The zero-order valence-corrected chi connectivity index (χ0v) is 17.8. The van der Waals surface area contributed by atoms with E-state index < -0.39 is 4.92 Å². The largest absolute Gasteiger partial charge is 0.351 e. The van der Waals surface area contributed by atoms with Crippen molar-refractivity contribution in [3.63, 3.8) is 0 Å². The van der Waals surface area contributed by atoms with E-state index in [1.165, 1.54) is 35.2 Å². The predicted octanol–water partition coefficient (Wildman–Crippen LogP) is 3.45. The second-order valence-corrected chi connectivity index (χ2v) is 9.10. The molecule has 0 fully saturated rings. The van der Waals surface area contributed by atoms with Crippen LogP contribution in [0.1, 0.15) is 28.8 Å². The van der Waals surface area contributed by atoms with Crippen molar-refractivity contribution >= 4 is 44.9 Å². The quantitative estimate of drug-likeness (QED) is 0.436. The van der Waals surface area contributed by atoms with Gasteiger partial charge in [-0.15, -0.1) is 23.1 Å². The Balaban J connectivity index is 1.56. The number of thioether (sulfide) groups is 1. The number of nitro groups is 1. The van der Waals surface area contributed by atoms with Gasteiger partial charge in [0.2, 0.25) is 5.91 Å². The summed E-state index contributed by atoms with van der Waals surface area (Å²) in [6, 6.07) is 6.05. The van der Waals surface area contributed by atoms with Gasteiger partial charge >= 0.3 is 0 Å². The van der Waals surface area contributed by atoms with E-state index in [0.29, 0.717) is 17.0 Å². The SMILES string of the molecule is Cc1sc2nc(CSC(C)C(=O)NCc3ccc([N+](=O)[O-])cc3)[nH]c(=O)c2c1C. The number of carbonyl (C=O) groups is 1. The number of aryl methyl sites for hydroxylation is 2. The highest BCUT2D eigenvalue weighted by Gasteiger charge is 2.16. The van der Waals surface area contributed by atoms with Crippen LogP contribution in [0.25, 0.3) is 10.2 Å². The van der Waals surface area contributed by atoms with Crippen LogP contribution in [0.4, 0.5) is 5.69 Å². The van der Waals surface area contributed by atoms with Crippen LogP contribution in [0.5, 0.6) is 0 Å². The number of nitrogens with one attached hydrogen (secondary N) is 2. The van der Waals surface area contributed by atoms with Gasteiger partial charge in [-0.3, -0.25) is 19.7 Å². The van der Waals surface area contributed by atoms with Gasteiger partial charge in [-0.05, 0) is 31.9 Å². The van der Waals surface area contributed by atoms with E-state index in [1.54, 1.807) is 19.1 Å². The Hall–Kier alpha value is -2.72. The van der Waals surface area contributed by atoms with E-state index in [-0.39, 0.29) is 28.9 Å². The molecule has 2 heterocycles. The summed E-state index contributed by atoms with van der Waals surface area (Å²) in [7, 11) is 0. The third-order valence-corrected chi connectivity index (χ3v) is 6.80. The smallest absolute Gasteiger partial charge is 0.269 e. The molecule has 3 rings (SSSR count). The highest BCUT2D eigenvalue weighted by molar-refractivity contribution is 7.99. The molecule has 10 heteroatoms. The third kappa shape index (κ3) is 4.83. The number of benzene rings is 1. The summed E-state index contributed by atoms with van der Waals surface area (Å²) in [5.74, 6) is 0.802. The number of aromatic nitrogens is 2. The molecule has 2 aromatic heterocycles. The number of aromatic amines is 1. The summed E-state index contributed by atoms with van der Waals surface area (Å²) in [6.45, 7) is 5.95.